The summed E-state index contributed by atoms with van der Waals surface area (Å²) in [6, 6.07) is 10.6. The van der Waals surface area contributed by atoms with Crippen LogP contribution in [0, 0.1) is 6.92 Å². The highest BCUT2D eigenvalue weighted by molar-refractivity contribution is 5.21. The molecule has 0 unspecified atom stereocenters. The lowest BCUT2D eigenvalue weighted by Crippen LogP contribution is -1.93. The van der Waals surface area contributed by atoms with Crippen LogP contribution < -0.4 is 5.73 Å². The fourth-order valence-electron chi connectivity index (χ4n) is 1.59. The average molecular weight is 202 g/mol. The van der Waals surface area contributed by atoms with Crippen LogP contribution in [0.5, 0.6) is 0 Å². The van der Waals surface area contributed by atoms with Crippen LogP contribution in [0.3, 0.4) is 0 Å². The maximum absolute atomic E-state index is 5.47. The van der Waals surface area contributed by atoms with Gasteiger partial charge in [0.15, 0.2) is 0 Å². The predicted octanol–water partition coefficient (Wildman–Crippen LogP) is 2.35. The summed E-state index contributed by atoms with van der Waals surface area (Å²) in [6.07, 6.45) is 1.84. The van der Waals surface area contributed by atoms with Gasteiger partial charge in [0.1, 0.15) is 5.76 Å². The Balaban J connectivity index is 2.02. The number of oxazole rings is 1. The van der Waals surface area contributed by atoms with Crippen LogP contribution in [0.2, 0.25) is 0 Å². The molecule has 0 fully saturated rings. The van der Waals surface area contributed by atoms with Gasteiger partial charge in [-0.05, 0) is 25.3 Å². The Hall–Kier alpha value is -1.77. The zero-order chi connectivity index (χ0) is 10.7. The van der Waals surface area contributed by atoms with Crippen LogP contribution in [-0.4, -0.2) is 4.98 Å². The largest absolute Gasteiger partial charge is 0.429 e. The number of nitrogen functional groups attached to an aromatic ring is 1. The number of hydrogen-bond donors (Lipinski definition) is 1. The van der Waals surface area contributed by atoms with Gasteiger partial charge < -0.3 is 10.2 Å². The van der Waals surface area contributed by atoms with Gasteiger partial charge in [0, 0.05) is 0 Å². The van der Waals surface area contributed by atoms with E-state index in [-0.39, 0.29) is 6.01 Å². The molecule has 3 nitrogen and oxygen atoms in total. The minimum Gasteiger partial charge on any atom is -0.429 e. The summed E-state index contributed by atoms with van der Waals surface area (Å²) in [5.74, 6) is 0.823. The fourth-order valence-corrected chi connectivity index (χ4v) is 1.59. The van der Waals surface area contributed by atoms with E-state index in [1.807, 2.05) is 25.1 Å². The van der Waals surface area contributed by atoms with E-state index in [2.05, 4.69) is 17.1 Å². The third-order valence-electron chi connectivity index (χ3n) is 2.40. The number of hydrogen-bond acceptors (Lipinski definition) is 3. The van der Waals surface area contributed by atoms with Crippen molar-refractivity contribution in [2.24, 2.45) is 0 Å². The summed E-state index contributed by atoms with van der Waals surface area (Å²) in [5, 5.41) is 0. The van der Waals surface area contributed by atoms with E-state index in [1.165, 1.54) is 5.56 Å². The van der Waals surface area contributed by atoms with Crippen LogP contribution in [0.1, 0.15) is 17.0 Å². The number of anilines is 1. The minimum absolute atomic E-state index is 0.260. The average Bonchev–Trinajstić information content (AvgIpc) is 2.56. The zero-order valence-electron chi connectivity index (χ0n) is 8.73. The smallest absolute Gasteiger partial charge is 0.292 e. The van der Waals surface area contributed by atoms with Crippen molar-refractivity contribution in [2.75, 3.05) is 5.73 Å². The van der Waals surface area contributed by atoms with Crippen molar-refractivity contribution in [3.63, 3.8) is 0 Å². The number of aromatic nitrogens is 1. The minimum atomic E-state index is 0.260. The van der Waals surface area contributed by atoms with Crippen molar-refractivity contribution in [1.29, 1.82) is 0 Å². The van der Waals surface area contributed by atoms with Gasteiger partial charge in [-0.25, -0.2) is 0 Å². The van der Waals surface area contributed by atoms with E-state index in [1.54, 1.807) is 0 Å². The Kier molecular flexibility index (Phi) is 2.72. The first-order chi connectivity index (χ1) is 7.25. The van der Waals surface area contributed by atoms with Gasteiger partial charge in [0.25, 0.3) is 6.01 Å². The summed E-state index contributed by atoms with van der Waals surface area (Å²) in [6.45, 7) is 1.89. The first-order valence-corrected chi connectivity index (χ1v) is 5.01. The molecule has 3 heteroatoms. The molecule has 0 aliphatic carbocycles. The van der Waals surface area contributed by atoms with E-state index in [4.69, 9.17) is 10.2 Å². The summed E-state index contributed by atoms with van der Waals surface area (Å²) >= 11 is 0. The lowest BCUT2D eigenvalue weighted by atomic mass is 10.1. The highest BCUT2D eigenvalue weighted by atomic mass is 16.4. The fraction of sp³-hybridized carbons (Fsp3) is 0.250. The van der Waals surface area contributed by atoms with Crippen molar-refractivity contribution in [3.8, 4) is 0 Å². The molecule has 1 aromatic carbocycles. The van der Waals surface area contributed by atoms with E-state index >= 15 is 0 Å². The summed E-state index contributed by atoms with van der Waals surface area (Å²) < 4.78 is 5.17. The molecule has 78 valence electrons. The second-order valence-corrected chi connectivity index (χ2v) is 3.54. The van der Waals surface area contributed by atoms with Gasteiger partial charge in [-0.3, -0.25) is 0 Å². The first kappa shape index (κ1) is 9.77. The van der Waals surface area contributed by atoms with Crippen molar-refractivity contribution >= 4 is 6.01 Å². The normalized spacial score (nSPS) is 10.5. The van der Waals surface area contributed by atoms with Crippen molar-refractivity contribution < 1.29 is 4.42 Å². The van der Waals surface area contributed by atoms with Gasteiger partial charge in [-0.15, -0.1) is 0 Å². The Labute approximate surface area is 88.9 Å². The molecule has 0 bridgehead atoms. The standard InChI is InChI=1S/C12H14N2O/c1-9-11(14-12(13)15-9)8-7-10-5-3-2-4-6-10/h2-6H,7-8H2,1H3,(H2,13,14). The molecule has 15 heavy (non-hydrogen) atoms. The van der Waals surface area contributed by atoms with Gasteiger partial charge in [0.05, 0.1) is 5.69 Å². The second-order valence-electron chi connectivity index (χ2n) is 3.54. The van der Waals surface area contributed by atoms with Crippen molar-refractivity contribution in [3.05, 3.63) is 47.3 Å². The highest BCUT2D eigenvalue weighted by Gasteiger charge is 2.06. The summed E-state index contributed by atoms with van der Waals surface area (Å²) in [4.78, 5) is 4.14. The monoisotopic (exact) mass is 202 g/mol. The van der Waals surface area contributed by atoms with E-state index in [0.29, 0.717) is 0 Å². The Bertz CT molecular complexity index is 434. The van der Waals surface area contributed by atoms with Crippen molar-refractivity contribution in [1.82, 2.24) is 4.98 Å². The molecule has 0 radical (unpaired) electrons. The third kappa shape index (κ3) is 2.37. The maximum atomic E-state index is 5.47. The molecule has 0 spiro atoms. The topological polar surface area (TPSA) is 52.0 Å². The number of nitrogens with two attached hydrogens (primary N) is 1. The van der Waals surface area contributed by atoms with Crippen LogP contribution >= 0.6 is 0 Å². The number of nitrogens with zero attached hydrogens (tertiary/aromatic N) is 1. The number of aryl methyl sites for hydroxylation is 3. The van der Waals surface area contributed by atoms with Crippen LogP contribution in [0.15, 0.2) is 34.7 Å². The third-order valence-corrected chi connectivity index (χ3v) is 2.40. The summed E-state index contributed by atoms with van der Waals surface area (Å²) in [7, 11) is 0. The highest BCUT2D eigenvalue weighted by Crippen LogP contribution is 2.13. The summed E-state index contributed by atoms with van der Waals surface area (Å²) in [5.41, 5.74) is 7.73. The zero-order valence-corrected chi connectivity index (χ0v) is 8.73. The van der Waals surface area contributed by atoms with Crippen LogP contribution in [0.4, 0.5) is 6.01 Å². The molecule has 0 atom stereocenters. The van der Waals surface area contributed by atoms with E-state index in [0.717, 1.165) is 24.3 Å². The molecular weight excluding hydrogens is 188 g/mol. The van der Waals surface area contributed by atoms with Gasteiger partial charge >= 0.3 is 0 Å². The second kappa shape index (κ2) is 4.17. The Morgan fingerprint density at radius 1 is 1.20 bits per heavy atom. The molecule has 2 rings (SSSR count). The molecule has 2 N–H and O–H groups in total. The van der Waals surface area contributed by atoms with Crippen LogP contribution in [-0.2, 0) is 12.8 Å². The lowest BCUT2D eigenvalue weighted by Gasteiger charge is -1.98. The Morgan fingerprint density at radius 3 is 2.53 bits per heavy atom. The molecule has 1 heterocycles. The molecule has 0 aliphatic rings. The maximum Gasteiger partial charge on any atom is 0.292 e. The van der Waals surface area contributed by atoms with Gasteiger partial charge in [0.2, 0.25) is 0 Å². The van der Waals surface area contributed by atoms with E-state index in [9.17, 15) is 0 Å². The van der Waals surface area contributed by atoms with E-state index < -0.39 is 0 Å². The molecule has 2 aromatic rings. The molecule has 1 aromatic heterocycles. The van der Waals surface area contributed by atoms with Crippen LogP contribution in [0.25, 0.3) is 0 Å². The molecule has 0 saturated heterocycles. The molecule has 0 aliphatic heterocycles. The molecular formula is C12H14N2O. The predicted molar refractivity (Wildman–Crippen MR) is 59.5 cm³/mol. The lowest BCUT2D eigenvalue weighted by molar-refractivity contribution is 0.544. The number of benzene rings is 1. The SMILES string of the molecule is Cc1oc(N)nc1CCc1ccccc1. The first-order valence-electron chi connectivity index (χ1n) is 5.01. The quantitative estimate of drug-likeness (QED) is 0.831. The Morgan fingerprint density at radius 2 is 1.93 bits per heavy atom. The molecule has 0 saturated carbocycles. The van der Waals surface area contributed by atoms with Crippen molar-refractivity contribution in [2.45, 2.75) is 19.8 Å². The number of rotatable bonds is 3. The van der Waals surface area contributed by atoms with Gasteiger partial charge in [-0.2, -0.15) is 4.98 Å². The van der Waals surface area contributed by atoms with Gasteiger partial charge in [-0.1, -0.05) is 30.3 Å². The molecule has 0 amide bonds.